The Kier molecular flexibility index (Phi) is 6.37. The van der Waals surface area contributed by atoms with E-state index in [0.29, 0.717) is 18.9 Å². The molecule has 19 heavy (non-hydrogen) atoms. The largest absolute Gasteiger partial charge is 0.458 e. The van der Waals surface area contributed by atoms with E-state index < -0.39 is 0 Å². The van der Waals surface area contributed by atoms with Crippen molar-refractivity contribution in [3.8, 4) is 12.3 Å². The van der Waals surface area contributed by atoms with E-state index in [2.05, 4.69) is 25.1 Å². The van der Waals surface area contributed by atoms with E-state index in [0.717, 1.165) is 25.7 Å². The number of terminal acetylenes is 1. The summed E-state index contributed by atoms with van der Waals surface area (Å²) in [6.45, 7) is 6.15. The fourth-order valence-electron chi connectivity index (χ4n) is 2.86. The molecule has 0 aromatic rings. The van der Waals surface area contributed by atoms with Crippen LogP contribution < -0.4 is 5.32 Å². The third-order valence-corrected chi connectivity index (χ3v) is 3.61. The van der Waals surface area contributed by atoms with E-state index in [4.69, 9.17) is 11.2 Å². The normalized spacial score (nSPS) is 19.7. The van der Waals surface area contributed by atoms with Gasteiger partial charge < -0.3 is 10.1 Å². The van der Waals surface area contributed by atoms with Crippen molar-refractivity contribution in [2.24, 2.45) is 0 Å². The minimum Gasteiger partial charge on any atom is -0.458 e. The lowest BCUT2D eigenvalue weighted by Gasteiger charge is -2.35. The van der Waals surface area contributed by atoms with E-state index in [1.165, 1.54) is 6.42 Å². The molecule has 108 valence electrons. The fourth-order valence-corrected chi connectivity index (χ4v) is 2.86. The third-order valence-electron chi connectivity index (χ3n) is 3.61. The van der Waals surface area contributed by atoms with Crippen LogP contribution in [0.2, 0.25) is 0 Å². The van der Waals surface area contributed by atoms with Crippen molar-refractivity contribution in [1.82, 2.24) is 5.32 Å². The second-order valence-electron chi connectivity index (χ2n) is 6.03. The molecule has 0 radical (unpaired) electrons. The number of esters is 1. The number of carbonyl (C=O) groups is 1. The summed E-state index contributed by atoms with van der Waals surface area (Å²) in [4.78, 5) is 12.1. The molecule has 0 saturated heterocycles. The minimum atomic E-state index is -0.387. The molecule has 1 rings (SSSR count). The number of hydrogen-bond donors (Lipinski definition) is 1. The van der Waals surface area contributed by atoms with E-state index in [9.17, 15) is 4.79 Å². The summed E-state index contributed by atoms with van der Waals surface area (Å²) < 4.78 is 5.75. The van der Waals surface area contributed by atoms with Crippen molar-refractivity contribution in [2.45, 2.75) is 83.4 Å². The molecule has 1 fully saturated rings. The Morgan fingerprint density at radius 3 is 2.47 bits per heavy atom. The number of carbonyl (C=O) groups excluding carboxylic acids is 1. The van der Waals surface area contributed by atoms with Crippen molar-refractivity contribution in [3.05, 3.63) is 0 Å². The third kappa shape index (κ3) is 5.65. The molecule has 1 saturated carbocycles. The predicted molar refractivity (Wildman–Crippen MR) is 77.7 cm³/mol. The molecule has 1 aliphatic rings. The van der Waals surface area contributed by atoms with Gasteiger partial charge in [-0.25, -0.2) is 0 Å². The van der Waals surface area contributed by atoms with Gasteiger partial charge in [0, 0.05) is 18.5 Å². The molecular weight excluding hydrogens is 238 g/mol. The Hall–Kier alpha value is -1.01. The van der Waals surface area contributed by atoms with Crippen LogP contribution in [-0.2, 0) is 9.53 Å². The molecule has 1 unspecified atom stereocenters. The first-order valence-electron chi connectivity index (χ1n) is 7.39. The maximum Gasteiger partial charge on any atom is 0.307 e. The zero-order valence-corrected chi connectivity index (χ0v) is 12.5. The van der Waals surface area contributed by atoms with Gasteiger partial charge in [0.15, 0.2) is 0 Å². The van der Waals surface area contributed by atoms with Crippen LogP contribution in [0.4, 0.5) is 0 Å². The van der Waals surface area contributed by atoms with Crippen LogP contribution in [-0.4, -0.2) is 23.7 Å². The molecule has 0 aromatic heterocycles. The molecule has 0 aromatic carbocycles. The molecular formula is C16H27NO2. The van der Waals surface area contributed by atoms with Crippen LogP contribution in [0.3, 0.4) is 0 Å². The van der Waals surface area contributed by atoms with E-state index in [1.54, 1.807) is 0 Å². The van der Waals surface area contributed by atoms with Gasteiger partial charge in [-0.05, 0) is 32.6 Å². The minimum absolute atomic E-state index is 0.127. The summed E-state index contributed by atoms with van der Waals surface area (Å²) in [7, 11) is 0. The van der Waals surface area contributed by atoms with E-state index in [-0.39, 0.29) is 17.6 Å². The molecule has 0 heterocycles. The number of hydrogen-bond acceptors (Lipinski definition) is 3. The summed E-state index contributed by atoms with van der Waals surface area (Å²) in [5.74, 6) is 2.55. The summed E-state index contributed by atoms with van der Waals surface area (Å²) in [5, 5.41) is 3.31. The molecule has 0 spiro atoms. The van der Waals surface area contributed by atoms with Crippen LogP contribution in [0.5, 0.6) is 0 Å². The first-order valence-corrected chi connectivity index (χ1v) is 7.39. The van der Waals surface area contributed by atoms with E-state index in [1.807, 2.05) is 6.92 Å². The molecule has 1 atom stereocenters. The number of ether oxygens (including phenoxy) is 1. The van der Waals surface area contributed by atoms with Crippen LogP contribution in [0.25, 0.3) is 0 Å². The highest BCUT2D eigenvalue weighted by atomic mass is 16.6. The van der Waals surface area contributed by atoms with Gasteiger partial charge in [-0.1, -0.05) is 20.3 Å². The highest BCUT2D eigenvalue weighted by molar-refractivity contribution is 5.70. The van der Waals surface area contributed by atoms with Crippen molar-refractivity contribution < 1.29 is 9.53 Å². The van der Waals surface area contributed by atoms with Crippen molar-refractivity contribution >= 4 is 5.97 Å². The number of nitrogens with one attached hydrogen (secondary N) is 1. The van der Waals surface area contributed by atoms with E-state index >= 15 is 0 Å². The van der Waals surface area contributed by atoms with Crippen LogP contribution in [0.15, 0.2) is 0 Å². The maximum atomic E-state index is 12.1. The topological polar surface area (TPSA) is 38.3 Å². The van der Waals surface area contributed by atoms with Gasteiger partial charge in [-0.15, -0.1) is 12.3 Å². The first-order chi connectivity index (χ1) is 8.97. The van der Waals surface area contributed by atoms with Gasteiger partial charge in [-0.3, -0.25) is 4.79 Å². The second-order valence-corrected chi connectivity index (χ2v) is 6.03. The summed E-state index contributed by atoms with van der Waals surface area (Å²) in [5.41, 5.74) is -0.387. The Labute approximate surface area is 117 Å². The summed E-state index contributed by atoms with van der Waals surface area (Å²) in [6, 6.07) is 0.510. The standard InChI is InChI=1S/C16H27NO2/c1-5-9-16(10-7-6-8-11-16)19-15(18)12-14(4)17-13(2)3/h1,13-14,17H,6-12H2,2-4H3. The van der Waals surface area contributed by atoms with Crippen molar-refractivity contribution in [2.75, 3.05) is 0 Å². The molecule has 1 aliphatic carbocycles. The monoisotopic (exact) mass is 265 g/mol. The predicted octanol–water partition coefficient (Wildman–Crippen LogP) is 3.03. The lowest BCUT2D eigenvalue weighted by molar-refractivity contribution is -0.163. The lowest BCUT2D eigenvalue weighted by Crippen LogP contribution is -2.40. The number of rotatable bonds is 6. The highest BCUT2D eigenvalue weighted by Crippen LogP contribution is 2.34. The van der Waals surface area contributed by atoms with Gasteiger partial charge in [-0.2, -0.15) is 0 Å². The molecule has 0 amide bonds. The fraction of sp³-hybridized carbons (Fsp3) is 0.812. The Morgan fingerprint density at radius 2 is 1.95 bits per heavy atom. The first kappa shape index (κ1) is 16.0. The van der Waals surface area contributed by atoms with Crippen molar-refractivity contribution in [3.63, 3.8) is 0 Å². The van der Waals surface area contributed by atoms with Crippen LogP contribution >= 0.6 is 0 Å². The zero-order valence-electron chi connectivity index (χ0n) is 12.5. The van der Waals surface area contributed by atoms with Gasteiger partial charge in [0.05, 0.1) is 6.42 Å². The average molecular weight is 265 g/mol. The van der Waals surface area contributed by atoms with Gasteiger partial charge in [0.2, 0.25) is 0 Å². The van der Waals surface area contributed by atoms with Crippen LogP contribution in [0, 0.1) is 12.3 Å². The van der Waals surface area contributed by atoms with Crippen molar-refractivity contribution in [1.29, 1.82) is 0 Å². The molecule has 1 N–H and O–H groups in total. The average Bonchev–Trinajstić information content (AvgIpc) is 2.28. The van der Waals surface area contributed by atoms with Gasteiger partial charge >= 0.3 is 5.97 Å². The summed E-state index contributed by atoms with van der Waals surface area (Å²) in [6.07, 6.45) is 11.6. The lowest BCUT2D eigenvalue weighted by atomic mass is 9.82. The molecule has 3 heteroatoms. The Balaban J connectivity index is 2.50. The van der Waals surface area contributed by atoms with Gasteiger partial charge in [0.1, 0.15) is 5.60 Å². The maximum absolute atomic E-state index is 12.1. The molecule has 0 aliphatic heterocycles. The summed E-state index contributed by atoms with van der Waals surface area (Å²) >= 11 is 0. The smallest absolute Gasteiger partial charge is 0.307 e. The zero-order chi connectivity index (χ0) is 14.3. The highest BCUT2D eigenvalue weighted by Gasteiger charge is 2.35. The molecule has 0 bridgehead atoms. The quantitative estimate of drug-likeness (QED) is 0.592. The van der Waals surface area contributed by atoms with Crippen LogP contribution in [0.1, 0.15) is 65.7 Å². The molecule has 3 nitrogen and oxygen atoms in total. The SMILES string of the molecule is C#CCC1(OC(=O)CC(C)NC(C)C)CCCCC1. The Bertz CT molecular complexity index is 324. The second kappa shape index (κ2) is 7.55. The Morgan fingerprint density at radius 1 is 1.32 bits per heavy atom. The van der Waals surface area contributed by atoms with Gasteiger partial charge in [0.25, 0.3) is 0 Å².